The Hall–Kier alpha value is -1.32. The molecule has 0 aromatic carbocycles. The second-order valence-corrected chi connectivity index (χ2v) is 2.29. The van der Waals surface area contributed by atoms with Gasteiger partial charge in [0, 0.05) is 0 Å². The Labute approximate surface area is 78.7 Å². The second-order valence-electron chi connectivity index (χ2n) is 2.29. The minimum absolute atomic E-state index is 0.354. The third kappa shape index (κ3) is 5.90. The van der Waals surface area contributed by atoms with Gasteiger partial charge in [0.1, 0.15) is 0 Å². The average molecular weight is 184 g/mol. The molecule has 0 spiro atoms. The number of ether oxygens (including phenoxy) is 1. The minimum Gasteiger partial charge on any atom is -0.449 e. The number of allylic oxidation sites excluding steroid dienone is 2. The lowest BCUT2D eigenvalue weighted by molar-refractivity contribution is 0.152. The van der Waals surface area contributed by atoms with Crippen molar-refractivity contribution in [2.24, 2.45) is 5.10 Å². The maximum Gasteiger partial charge on any atom is 0.427 e. The number of carbonyl (C=O) groups excluding carboxylic acids is 1. The third-order valence-corrected chi connectivity index (χ3v) is 1.29. The average Bonchev–Trinajstić information content (AvgIpc) is 2.12. The lowest BCUT2D eigenvalue weighted by atomic mass is 10.3. The number of nitrogens with zero attached hydrogens (tertiary/aromatic N) is 1. The largest absolute Gasteiger partial charge is 0.449 e. The number of rotatable bonds is 4. The summed E-state index contributed by atoms with van der Waals surface area (Å²) in [6.07, 6.45) is 3.97. The van der Waals surface area contributed by atoms with Crippen molar-refractivity contribution in [2.45, 2.75) is 27.2 Å². The van der Waals surface area contributed by atoms with E-state index >= 15 is 0 Å². The summed E-state index contributed by atoms with van der Waals surface area (Å²) < 4.78 is 4.63. The highest BCUT2D eigenvalue weighted by Gasteiger charge is 1.97. The SMILES string of the molecule is C/C=C\C(CC)=N\NC(=O)OCC. The summed E-state index contributed by atoms with van der Waals surface area (Å²) in [6, 6.07) is 0. The van der Waals surface area contributed by atoms with E-state index in [1.54, 1.807) is 6.92 Å². The molecule has 0 aromatic rings. The molecule has 0 aromatic heterocycles. The van der Waals surface area contributed by atoms with Gasteiger partial charge in [0.2, 0.25) is 0 Å². The highest BCUT2D eigenvalue weighted by atomic mass is 16.5. The first kappa shape index (κ1) is 11.7. The zero-order chi connectivity index (χ0) is 10.1. The smallest absolute Gasteiger partial charge is 0.427 e. The Balaban J connectivity index is 3.98. The summed E-state index contributed by atoms with van der Waals surface area (Å²) in [5.41, 5.74) is 3.11. The quantitative estimate of drug-likeness (QED) is 0.537. The number of hydrazone groups is 1. The molecule has 1 amide bonds. The van der Waals surface area contributed by atoms with E-state index in [-0.39, 0.29) is 0 Å². The lowest BCUT2D eigenvalue weighted by Crippen LogP contribution is -2.20. The zero-order valence-electron chi connectivity index (χ0n) is 8.33. The molecule has 0 saturated heterocycles. The van der Waals surface area contributed by atoms with Crippen LogP contribution in [-0.4, -0.2) is 18.4 Å². The Bertz CT molecular complexity index is 210. The molecule has 0 fully saturated rings. The van der Waals surface area contributed by atoms with Gasteiger partial charge >= 0.3 is 6.09 Å². The van der Waals surface area contributed by atoms with Gasteiger partial charge in [-0.05, 0) is 26.3 Å². The summed E-state index contributed by atoms with van der Waals surface area (Å²) in [6.45, 7) is 5.96. The van der Waals surface area contributed by atoms with Crippen molar-refractivity contribution < 1.29 is 9.53 Å². The molecule has 0 saturated carbocycles. The molecule has 0 heterocycles. The third-order valence-electron chi connectivity index (χ3n) is 1.29. The Morgan fingerprint density at radius 1 is 1.54 bits per heavy atom. The Morgan fingerprint density at radius 3 is 2.69 bits per heavy atom. The highest BCUT2D eigenvalue weighted by Crippen LogP contribution is 1.87. The molecule has 0 rings (SSSR count). The minimum atomic E-state index is -0.516. The van der Waals surface area contributed by atoms with Crippen molar-refractivity contribution >= 4 is 11.8 Å². The molecule has 0 bridgehead atoms. The summed E-state index contributed by atoms with van der Waals surface area (Å²) >= 11 is 0. The normalized spacial score (nSPS) is 11.8. The van der Waals surface area contributed by atoms with Crippen molar-refractivity contribution in [1.82, 2.24) is 5.43 Å². The van der Waals surface area contributed by atoms with Gasteiger partial charge < -0.3 is 4.74 Å². The van der Waals surface area contributed by atoms with Crippen LogP contribution < -0.4 is 5.43 Å². The van der Waals surface area contributed by atoms with Crippen LogP contribution in [0.2, 0.25) is 0 Å². The molecule has 74 valence electrons. The predicted molar refractivity (Wildman–Crippen MR) is 52.7 cm³/mol. The summed E-state index contributed by atoms with van der Waals surface area (Å²) in [5, 5.41) is 3.86. The molecule has 0 aliphatic carbocycles. The first-order chi connectivity index (χ1) is 6.24. The number of hydrogen-bond donors (Lipinski definition) is 1. The van der Waals surface area contributed by atoms with E-state index in [4.69, 9.17) is 0 Å². The van der Waals surface area contributed by atoms with Crippen LogP contribution in [0.4, 0.5) is 4.79 Å². The molecular weight excluding hydrogens is 168 g/mol. The number of hydrogen-bond acceptors (Lipinski definition) is 3. The van der Waals surface area contributed by atoms with Crippen molar-refractivity contribution in [2.75, 3.05) is 6.61 Å². The van der Waals surface area contributed by atoms with Crippen LogP contribution >= 0.6 is 0 Å². The van der Waals surface area contributed by atoms with Crippen molar-refractivity contribution in [3.05, 3.63) is 12.2 Å². The van der Waals surface area contributed by atoms with E-state index in [0.29, 0.717) is 6.61 Å². The number of carbonyl (C=O) groups is 1. The fourth-order valence-corrected chi connectivity index (χ4v) is 0.707. The van der Waals surface area contributed by atoms with Gasteiger partial charge in [-0.3, -0.25) is 0 Å². The van der Waals surface area contributed by atoms with Crippen molar-refractivity contribution in [3.63, 3.8) is 0 Å². The van der Waals surface area contributed by atoms with E-state index in [1.807, 2.05) is 26.0 Å². The van der Waals surface area contributed by atoms with Crippen LogP contribution in [0.25, 0.3) is 0 Å². The topological polar surface area (TPSA) is 50.7 Å². The summed E-state index contributed by atoms with van der Waals surface area (Å²) in [7, 11) is 0. The molecule has 13 heavy (non-hydrogen) atoms. The number of amides is 1. The van der Waals surface area contributed by atoms with Gasteiger partial charge in [0.05, 0.1) is 12.3 Å². The van der Waals surface area contributed by atoms with E-state index in [2.05, 4.69) is 15.3 Å². The van der Waals surface area contributed by atoms with Gasteiger partial charge in [-0.2, -0.15) is 5.10 Å². The number of nitrogens with one attached hydrogen (secondary N) is 1. The Morgan fingerprint density at radius 2 is 2.23 bits per heavy atom. The summed E-state index contributed by atoms with van der Waals surface area (Å²) in [4.78, 5) is 10.8. The van der Waals surface area contributed by atoms with E-state index in [9.17, 15) is 4.79 Å². The van der Waals surface area contributed by atoms with Crippen molar-refractivity contribution in [3.8, 4) is 0 Å². The van der Waals surface area contributed by atoms with Crippen LogP contribution in [0, 0.1) is 0 Å². The van der Waals surface area contributed by atoms with E-state index in [0.717, 1.165) is 12.1 Å². The predicted octanol–water partition coefficient (Wildman–Crippen LogP) is 2.07. The Kier molecular flexibility index (Phi) is 6.59. The van der Waals surface area contributed by atoms with Gasteiger partial charge in [-0.15, -0.1) is 0 Å². The fourth-order valence-electron chi connectivity index (χ4n) is 0.707. The molecule has 0 unspecified atom stereocenters. The van der Waals surface area contributed by atoms with Gasteiger partial charge in [0.25, 0.3) is 0 Å². The van der Waals surface area contributed by atoms with Gasteiger partial charge in [-0.25, -0.2) is 10.2 Å². The molecule has 0 aliphatic rings. The molecule has 4 nitrogen and oxygen atoms in total. The first-order valence-electron chi connectivity index (χ1n) is 4.36. The second kappa shape index (κ2) is 7.34. The molecule has 4 heteroatoms. The van der Waals surface area contributed by atoms with E-state index < -0.39 is 6.09 Å². The summed E-state index contributed by atoms with van der Waals surface area (Å²) in [5.74, 6) is 0. The maximum atomic E-state index is 10.8. The van der Waals surface area contributed by atoms with E-state index in [1.165, 1.54) is 0 Å². The van der Waals surface area contributed by atoms with Crippen LogP contribution in [0.1, 0.15) is 27.2 Å². The van der Waals surface area contributed by atoms with Crippen LogP contribution in [0.15, 0.2) is 17.3 Å². The van der Waals surface area contributed by atoms with Crippen LogP contribution in [0.5, 0.6) is 0 Å². The maximum absolute atomic E-state index is 10.8. The van der Waals surface area contributed by atoms with Crippen LogP contribution in [-0.2, 0) is 4.74 Å². The van der Waals surface area contributed by atoms with Crippen molar-refractivity contribution in [1.29, 1.82) is 0 Å². The molecule has 0 atom stereocenters. The lowest BCUT2D eigenvalue weighted by Gasteiger charge is -2.00. The molecule has 0 aliphatic heterocycles. The fraction of sp³-hybridized carbons (Fsp3) is 0.556. The standard InChI is InChI=1S/C9H16N2O2/c1-4-7-8(5-2)10-11-9(12)13-6-3/h4,7H,5-6H2,1-3H3,(H,11,12)/b7-4-,10-8+. The monoisotopic (exact) mass is 184 g/mol. The first-order valence-corrected chi connectivity index (χ1v) is 4.36. The molecular formula is C9H16N2O2. The van der Waals surface area contributed by atoms with Gasteiger partial charge in [-0.1, -0.05) is 13.0 Å². The molecule has 1 N–H and O–H groups in total. The zero-order valence-corrected chi connectivity index (χ0v) is 8.33. The molecule has 0 radical (unpaired) electrons. The van der Waals surface area contributed by atoms with Gasteiger partial charge in [0.15, 0.2) is 0 Å². The highest BCUT2D eigenvalue weighted by molar-refractivity contribution is 5.95. The van der Waals surface area contributed by atoms with Crippen LogP contribution in [0.3, 0.4) is 0 Å².